The maximum Gasteiger partial charge on any atom is 0.496 e. The average Bonchev–Trinajstić information content (AvgIpc) is 2.48. The zero-order chi connectivity index (χ0) is 14.3. The first-order valence-corrected chi connectivity index (χ1v) is 6.65. The Morgan fingerprint density at radius 3 is 2.26 bits per heavy atom. The summed E-state index contributed by atoms with van der Waals surface area (Å²) in [6, 6.07) is 7.66. The van der Waals surface area contributed by atoms with E-state index in [1.165, 1.54) is 0 Å². The molecule has 0 aliphatic carbocycles. The molecule has 0 amide bonds. The Bertz CT molecular complexity index is 521. The van der Waals surface area contributed by atoms with E-state index >= 15 is 0 Å². The highest BCUT2D eigenvalue weighted by Gasteiger charge is 2.52. The second-order valence-electron chi connectivity index (χ2n) is 5.78. The van der Waals surface area contributed by atoms with Crippen LogP contribution < -0.4 is 5.46 Å². The van der Waals surface area contributed by atoms with E-state index in [0.717, 1.165) is 11.0 Å². The molecule has 3 nitrogen and oxygen atoms in total. The third-order valence-electron chi connectivity index (χ3n) is 3.86. The van der Waals surface area contributed by atoms with Crippen molar-refractivity contribution in [3.63, 3.8) is 0 Å². The number of benzene rings is 1. The van der Waals surface area contributed by atoms with E-state index < -0.39 is 7.12 Å². The predicted molar refractivity (Wildman–Crippen MR) is 76.5 cm³/mol. The first-order valence-electron chi connectivity index (χ1n) is 6.28. The van der Waals surface area contributed by atoms with E-state index in [2.05, 4.69) is 6.07 Å². The largest absolute Gasteiger partial charge is 0.496 e. The fraction of sp³-hybridized carbons (Fsp3) is 0.500. The summed E-state index contributed by atoms with van der Waals surface area (Å²) in [5.74, 6) is 0. The van der Waals surface area contributed by atoms with Gasteiger partial charge in [-0.05, 0) is 39.3 Å². The molecule has 0 saturated carbocycles. The number of hydrogen-bond donors (Lipinski definition) is 0. The van der Waals surface area contributed by atoms with Crippen molar-refractivity contribution in [1.29, 1.82) is 5.26 Å². The molecule has 2 rings (SSSR count). The Labute approximate surface area is 119 Å². The minimum Gasteiger partial charge on any atom is -0.399 e. The lowest BCUT2D eigenvalue weighted by molar-refractivity contribution is 0.00578. The highest BCUT2D eigenvalue weighted by atomic mass is 35.5. The van der Waals surface area contributed by atoms with Crippen molar-refractivity contribution < 1.29 is 9.31 Å². The van der Waals surface area contributed by atoms with Crippen LogP contribution in [0.1, 0.15) is 33.3 Å². The Hall–Kier alpha value is -1.02. The molecule has 5 heteroatoms. The van der Waals surface area contributed by atoms with Crippen LogP contribution in [0.3, 0.4) is 0 Å². The Morgan fingerprint density at radius 1 is 1.21 bits per heavy atom. The molecular weight excluding hydrogens is 260 g/mol. The number of hydrogen-bond acceptors (Lipinski definition) is 3. The van der Waals surface area contributed by atoms with Crippen LogP contribution in [0.5, 0.6) is 0 Å². The summed E-state index contributed by atoms with van der Waals surface area (Å²) >= 11 is 6.26. The number of halogens is 1. The van der Waals surface area contributed by atoms with Gasteiger partial charge < -0.3 is 9.31 Å². The molecule has 0 unspecified atom stereocenters. The smallest absolute Gasteiger partial charge is 0.399 e. The Morgan fingerprint density at radius 2 is 1.79 bits per heavy atom. The van der Waals surface area contributed by atoms with E-state index in [0.29, 0.717) is 11.4 Å². The zero-order valence-electron chi connectivity index (χ0n) is 11.7. The van der Waals surface area contributed by atoms with Gasteiger partial charge in [-0.3, -0.25) is 0 Å². The first-order chi connectivity index (χ1) is 8.77. The minimum atomic E-state index is -0.464. The van der Waals surface area contributed by atoms with Crippen LogP contribution >= 0.6 is 11.6 Å². The normalized spacial score (nSPS) is 20.3. The summed E-state index contributed by atoms with van der Waals surface area (Å²) in [5, 5.41) is 9.26. The van der Waals surface area contributed by atoms with Crippen molar-refractivity contribution in [2.45, 2.75) is 45.3 Å². The van der Waals surface area contributed by atoms with Gasteiger partial charge in [0.25, 0.3) is 0 Å². The lowest BCUT2D eigenvalue weighted by Gasteiger charge is -2.32. The van der Waals surface area contributed by atoms with Crippen molar-refractivity contribution >= 4 is 24.2 Å². The van der Waals surface area contributed by atoms with E-state index in [1.54, 1.807) is 6.07 Å². The van der Waals surface area contributed by atoms with Gasteiger partial charge in [0.1, 0.15) is 0 Å². The second kappa shape index (κ2) is 4.83. The predicted octanol–water partition coefficient (Wildman–Crippen LogP) is 2.71. The standard InChI is InChI=1S/C14H17BClNO2/c1-13(2)14(3,4)19-15(18-13)11-6-5-10(7-8-17)9-12(11)16/h5-6,9H,7H2,1-4H3. The molecular formula is C14H17BClNO2. The minimum absolute atomic E-state index is 0.351. The summed E-state index contributed by atoms with van der Waals surface area (Å²) < 4.78 is 11.9. The monoisotopic (exact) mass is 277 g/mol. The van der Waals surface area contributed by atoms with Crippen LogP contribution in [0, 0.1) is 11.3 Å². The molecule has 0 spiro atoms. The Balaban J connectivity index is 2.28. The average molecular weight is 278 g/mol. The molecule has 0 bridgehead atoms. The van der Waals surface area contributed by atoms with Crippen LogP contribution in [0.2, 0.25) is 5.02 Å². The van der Waals surface area contributed by atoms with Gasteiger partial charge in [-0.25, -0.2) is 0 Å². The summed E-state index contributed by atoms with van der Waals surface area (Å²) in [4.78, 5) is 0. The number of rotatable bonds is 2. The molecule has 0 aromatic heterocycles. The van der Waals surface area contributed by atoms with Crippen LogP contribution in [0.15, 0.2) is 18.2 Å². The maximum absolute atomic E-state index is 8.69. The molecule has 19 heavy (non-hydrogen) atoms. The van der Waals surface area contributed by atoms with E-state index in [-0.39, 0.29) is 11.2 Å². The van der Waals surface area contributed by atoms with Crippen LogP contribution in [0.4, 0.5) is 0 Å². The maximum atomic E-state index is 8.69. The van der Waals surface area contributed by atoms with Gasteiger partial charge >= 0.3 is 7.12 Å². The third kappa shape index (κ3) is 2.64. The van der Waals surface area contributed by atoms with Gasteiger partial charge in [0.05, 0.1) is 23.7 Å². The molecule has 1 aromatic carbocycles. The van der Waals surface area contributed by atoms with E-state index in [9.17, 15) is 0 Å². The van der Waals surface area contributed by atoms with Crippen molar-refractivity contribution in [2.75, 3.05) is 0 Å². The van der Waals surface area contributed by atoms with Crippen molar-refractivity contribution in [1.82, 2.24) is 0 Å². The molecule has 0 N–H and O–H groups in total. The van der Waals surface area contributed by atoms with Crippen LogP contribution in [-0.4, -0.2) is 18.3 Å². The molecule has 0 atom stereocenters. The van der Waals surface area contributed by atoms with Gasteiger partial charge in [0.2, 0.25) is 0 Å². The van der Waals surface area contributed by atoms with Crippen molar-refractivity contribution in [2.24, 2.45) is 0 Å². The Kier molecular flexibility index (Phi) is 3.66. The lowest BCUT2D eigenvalue weighted by Crippen LogP contribution is -2.41. The van der Waals surface area contributed by atoms with Crippen molar-refractivity contribution in [3.05, 3.63) is 28.8 Å². The third-order valence-corrected chi connectivity index (χ3v) is 4.18. The first kappa shape index (κ1) is 14.4. The van der Waals surface area contributed by atoms with Crippen molar-refractivity contribution in [3.8, 4) is 6.07 Å². The molecule has 0 radical (unpaired) electrons. The van der Waals surface area contributed by atoms with Crippen LogP contribution in [0.25, 0.3) is 0 Å². The fourth-order valence-corrected chi connectivity index (χ4v) is 2.23. The number of nitriles is 1. The van der Waals surface area contributed by atoms with Gasteiger partial charge in [-0.15, -0.1) is 0 Å². The molecule has 1 saturated heterocycles. The fourth-order valence-electron chi connectivity index (χ4n) is 1.93. The molecule has 1 aromatic rings. The highest BCUT2D eigenvalue weighted by molar-refractivity contribution is 6.65. The topological polar surface area (TPSA) is 42.2 Å². The SMILES string of the molecule is CC1(C)OB(c2ccc(CC#N)cc2Cl)OC1(C)C. The molecule has 1 fully saturated rings. The molecule has 1 aliphatic heterocycles. The van der Waals surface area contributed by atoms with Gasteiger partial charge in [0, 0.05) is 10.5 Å². The summed E-state index contributed by atoms with van der Waals surface area (Å²) in [5.41, 5.74) is 0.938. The van der Waals surface area contributed by atoms with E-state index in [4.69, 9.17) is 26.2 Å². The highest BCUT2D eigenvalue weighted by Crippen LogP contribution is 2.37. The van der Waals surface area contributed by atoms with Gasteiger partial charge in [-0.2, -0.15) is 5.26 Å². The van der Waals surface area contributed by atoms with Gasteiger partial charge in [0.15, 0.2) is 0 Å². The second-order valence-corrected chi connectivity index (χ2v) is 6.19. The van der Waals surface area contributed by atoms with Crippen LogP contribution in [-0.2, 0) is 15.7 Å². The summed E-state index contributed by atoms with van der Waals surface area (Å²) in [6.45, 7) is 8.02. The molecule has 1 heterocycles. The lowest BCUT2D eigenvalue weighted by atomic mass is 9.78. The molecule has 1 aliphatic rings. The number of nitrogens with zero attached hydrogens (tertiary/aromatic N) is 1. The summed E-state index contributed by atoms with van der Waals surface area (Å²) in [6.07, 6.45) is 0.351. The zero-order valence-corrected chi connectivity index (χ0v) is 12.4. The quantitative estimate of drug-likeness (QED) is 0.781. The summed E-state index contributed by atoms with van der Waals surface area (Å²) in [7, 11) is -0.464. The molecule has 100 valence electrons. The van der Waals surface area contributed by atoms with Gasteiger partial charge in [-0.1, -0.05) is 23.7 Å². The van der Waals surface area contributed by atoms with E-state index in [1.807, 2.05) is 39.8 Å².